The van der Waals surface area contributed by atoms with Crippen LogP contribution in [0, 0.1) is 5.92 Å². The highest BCUT2D eigenvalue weighted by Crippen LogP contribution is 2.36. The highest BCUT2D eigenvalue weighted by molar-refractivity contribution is 7.99. The SMILES string of the molecule is O=Cc1cccc(C(F)C2CCSCC2)c1. The van der Waals surface area contributed by atoms with Crippen LogP contribution in [0.4, 0.5) is 4.39 Å². The molecule has 1 aliphatic rings. The van der Waals surface area contributed by atoms with Crippen LogP contribution in [0.2, 0.25) is 0 Å². The summed E-state index contributed by atoms with van der Waals surface area (Å²) in [6.07, 6.45) is 1.74. The van der Waals surface area contributed by atoms with Gasteiger partial charge in [0.05, 0.1) is 0 Å². The van der Waals surface area contributed by atoms with Gasteiger partial charge in [0.25, 0.3) is 0 Å². The minimum atomic E-state index is -0.916. The normalized spacial score (nSPS) is 19.3. The van der Waals surface area contributed by atoms with E-state index < -0.39 is 6.17 Å². The van der Waals surface area contributed by atoms with Crippen LogP contribution >= 0.6 is 11.8 Å². The lowest BCUT2D eigenvalue weighted by molar-refractivity contribution is 0.112. The monoisotopic (exact) mass is 238 g/mol. The molecule has 0 aliphatic carbocycles. The summed E-state index contributed by atoms with van der Waals surface area (Å²) in [4.78, 5) is 10.6. The molecule has 1 heterocycles. The van der Waals surface area contributed by atoms with E-state index in [4.69, 9.17) is 0 Å². The van der Waals surface area contributed by atoms with Gasteiger partial charge in [-0.25, -0.2) is 4.39 Å². The van der Waals surface area contributed by atoms with Crippen LogP contribution in [0.5, 0.6) is 0 Å². The molecule has 1 unspecified atom stereocenters. The Labute approximate surface area is 99.4 Å². The average molecular weight is 238 g/mol. The van der Waals surface area contributed by atoms with Gasteiger partial charge in [-0.15, -0.1) is 0 Å². The zero-order chi connectivity index (χ0) is 11.4. The van der Waals surface area contributed by atoms with E-state index in [0.717, 1.165) is 30.6 Å². The summed E-state index contributed by atoms with van der Waals surface area (Å²) in [5.41, 5.74) is 1.21. The fourth-order valence-electron chi connectivity index (χ4n) is 2.08. The third-order valence-electron chi connectivity index (χ3n) is 3.05. The molecule has 1 atom stereocenters. The number of thioether (sulfide) groups is 1. The molecule has 1 saturated heterocycles. The maximum atomic E-state index is 14.2. The van der Waals surface area contributed by atoms with Gasteiger partial charge in [0.1, 0.15) is 12.5 Å². The van der Waals surface area contributed by atoms with Gasteiger partial charge < -0.3 is 0 Å². The van der Waals surface area contributed by atoms with Crippen LogP contribution in [0.15, 0.2) is 24.3 Å². The van der Waals surface area contributed by atoms with Crippen LogP contribution in [-0.4, -0.2) is 17.8 Å². The Balaban J connectivity index is 2.12. The Morgan fingerprint density at radius 1 is 1.38 bits per heavy atom. The van der Waals surface area contributed by atoms with Gasteiger partial charge in [-0.2, -0.15) is 11.8 Å². The van der Waals surface area contributed by atoms with Crippen LogP contribution < -0.4 is 0 Å². The fourth-order valence-corrected chi connectivity index (χ4v) is 3.23. The largest absolute Gasteiger partial charge is 0.298 e. The Morgan fingerprint density at radius 3 is 2.81 bits per heavy atom. The maximum absolute atomic E-state index is 14.2. The molecule has 0 radical (unpaired) electrons. The minimum Gasteiger partial charge on any atom is -0.298 e. The number of alkyl halides is 1. The number of halogens is 1. The molecule has 16 heavy (non-hydrogen) atoms. The predicted octanol–water partition coefficient (Wildman–Crippen LogP) is 3.65. The van der Waals surface area contributed by atoms with Gasteiger partial charge >= 0.3 is 0 Å². The number of benzene rings is 1. The molecule has 0 aromatic heterocycles. The highest BCUT2D eigenvalue weighted by Gasteiger charge is 2.24. The lowest BCUT2D eigenvalue weighted by Crippen LogP contribution is -2.15. The van der Waals surface area contributed by atoms with E-state index in [1.807, 2.05) is 11.8 Å². The van der Waals surface area contributed by atoms with Crippen molar-refractivity contribution in [3.63, 3.8) is 0 Å². The number of rotatable bonds is 3. The van der Waals surface area contributed by atoms with E-state index >= 15 is 0 Å². The number of hydrogen-bond donors (Lipinski definition) is 0. The maximum Gasteiger partial charge on any atom is 0.150 e. The van der Waals surface area contributed by atoms with E-state index in [1.54, 1.807) is 24.3 Å². The molecular weight excluding hydrogens is 223 g/mol. The summed E-state index contributed by atoms with van der Waals surface area (Å²) in [6.45, 7) is 0. The van der Waals surface area contributed by atoms with Crippen molar-refractivity contribution in [2.75, 3.05) is 11.5 Å². The summed E-state index contributed by atoms with van der Waals surface area (Å²) in [7, 11) is 0. The Hall–Kier alpha value is -0.830. The van der Waals surface area contributed by atoms with Crippen LogP contribution in [0.25, 0.3) is 0 Å². The van der Waals surface area contributed by atoms with Gasteiger partial charge in [-0.1, -0.05) is 18.2 Å². The van der Waals surface area contributed by atoms with Crippen molar-refractivity contribution < 1.29 is 9.18 Å². The first-order valence-electron chi connectivity index (χ1n) is 5.58. The van der Waals surface area contributed by atoms with Gasteiger partial charge in [0.15, 0.2) is 0 Å². The quantitative estimate of drug-likeness (QED) is 0.748. The van der Waals surface area contributed by atoms with Gasteiger partial charge in [0, 0.05) is 5.56 Å². The number of hydrogen-bond acceptors (Lipinski definition) is 2. The Bertz CT molecular complexity index is 361. The third kappa shape index (κ3) is 2.64. The molecule has 1 aliphatic heterocycles. The topological polar surface area (TPSA) is 17.1 Å². The summed E-state index contributed by atoms with van der Waals surface area (Å²) >= 11 is 1.90. The molecule has 2 rings (SSSR count). The van der Waals surface area contributed by atoms with Crippen molar-refractivity contribution in [3.05, 3.63) is 35.4 Å². The second-order valence-corrected chi connectivity index (χ2v) is 5.36. The van der Waals surface area contributed by atoms with E-state index in [-0.39, 0.29) is 5.92 Å². The molecule has 0 saturated carbocycles. The summed E-state index contributed by atoms with van der Waals surface area (Å²) < 4.78 is 14.2. The predicted molar refractivity (Wildman–Crippen MR) is 65.7 cm³/mol. The summed E-state index contributed by atoms with van der Waals surface area (Å²) in [5, 5.41) is 0. The second kappa shape index (κ2) is 5.48. The molecule has 86 valence electrons. The Morgan fingerprint density at radius 2 is 2.12 bits per heavy atom. The van der Waals surface area contributed by atoms with E-state index in [9.17, 15) is 9.18 Å². The lowest BCUT2D eigenvalue weighted by Gasteiger charge is -2.25. The zero-order valence-corrected chi connectivity index (χ0v) is 9.88. The van der Waals surface area contributed by atoms with Crippen molar-refractivity contribution in [1.29, 1.82) is 0 Å². The molecule has 0 amide bonds. The lowest BCUT2D eigenvalue weighted by atomic mass is 9.91. The first kappa shape index (κ1) is 11.6. The van der Waals surface area contributed by atoms with Crippen molar-refractivity contribution in [3.8, 4) is 0 Å². The number of carbonyl (C=O) groups excluding carboxylic acids is 1. The smallest absolute Gasteiger partial charge is 0.150 e. The summed E-state index contributed by atoms with van der Waals surface area (Å²) in [6, 6.07) is 6.90. The molecule has 0 N–H and O–H groups in total. The van der Waals surface area contributed by atoms with Crippen molar-refractivity contribution in [2.24, 2.45) is 5.92 Å². The third-order valence-corrected chi connectivity index (χ3v) is 4.09. The highest BCUT2D eigenvalue weighted by atomic mass is 32.2. The van der Waals surface area contributed by atoms with Crippen molar-refractivity contribution >= 4 is 18.0 Å². The number of aldehydes is 1. The molecule has 1 aromatic carbocycles. The van der Waals surface area contributed by atoms with Crippen molar-refractivity contribution in [1.82, 2.24) is 0 Å². The first-order valence-corrected chi connectivity index (χ1v) is 6.73. The standard InChI is InChI=1S/C13H15FOS/c14-13(11-4-6-16-7-5-11)12-3-1-2-10(8-12)9-15/h1-3,8-9,11,13H,4-7H2. The molecule has 0 spiro atoms. The zero-order valence-electron chi connectivity index (χ0n) is 9.06. The van der Waals surface area contributed by atoms with Crippen LogP contribution in [0.3, 0.4) is 0 Å². The van der Waals surface area contributed by atoms with Crippen LogP contribution in [0.1, 0.15) is 34.9 Å². The first-order chi connectivity index (χ1) is 7.81. The van der Waals surface area contributed by atoms with E-state index in [2.05, 4.69) is 0 Å². The second-order valence-electron chi connectivity index (χ2n) is 4.14. The molecule has 3 heteroatoms. The number of carbonyl (C=O) groups is 1. The molecule has 0 bridgehead atoms. The summed E-state index contributed by atoms with van der Waals surface area (Å²) in [5.74, 6) is 2.24. The average Bonchev–Trinajstić information content (AvgIpc) is 2.39. The minimum absolute atomic E-state index is 0.128. The molecule has 1 aromatic rings. The van der Waals surface area contributed by atoms with Crippen LogP contribution in [-0.2, 0) is 0 Å². The molecular formula is C13H15FOS. The van der Waals surface area contributed by atoms with E-state index in [0.29, 0.717) is 11.1 Å². The van der Waals surface area contributed by atoms with Gasteiger partial charge in [0.2, 0.25) is 0 Å². The van der Waals surface area contributed by atoms with Gasteiger partial charge in [-0.3, -0.25) is 4.79 Å². The fraction of sp³-hybridized carbons (Fsp3) is 0.462. The van der Waals surface area contributed by atoms with E-state index in [1.165, 1.54) is 0 Å². The van der Waals surface area contributed by atoms with Gasteiger partial charge in [-0.05, 0) is 41.9 Å². The molecule has 1 nitrogen and oxygen atoms in total. The van der Waals surface area contributed by atoms with Crippen molar-refractivity contribution in [2.45, 2.75) is 19.0 Å². The Kier molecular flexibility index (Phi) is 3.99. The molecule has 1 fully saturated rings.